The maximum absolute atomic E-state index is 13.3. The van der Waals surface area contributed by atoms with E-state index in [4.69, 9.17) is 9.47 Å². The van der Waals surface area contributed by atoms with Crippen LogP contribution in [-0.2, 0) is 22.3 Å². The fourth-order valence-electron chi connectivity index (χ4n) is 5.64. The molecule has 3 heterocycles. The maximum Gasteiger partial charge on any atom is 0.416 e. The largest absolute Gasteiger partial charge is 0.486 e. The van der Waals surface area contributed by atoms with Crippen LogP contribution in [0.5, 0.6) is 5.75 Å². The second-order valence-corrected chi connectivity index (χ2v) is 10.5. The first-order valence-corrected chi connectivity index (χ1v) is 12.9. The van der Waals surface area contributed by atoms with Gasteiger partial charge in [0.1, 0.15) is 11.4 Å². The van der Waals surface area contributed by atoms with Gasteiger partial charge in [0.25, 0.3) is 0 Å². The van der Waals surface area contributed by atoms with E-state index in [9.17, 15) is 22.8 Å². The molecule has 1 atom stereocenters. The molecule has 0 aromatic heterocycles. The Kier molecular flexibility index (Phi) is 6.09. The van der Waals surface area contributed by atoms with Gasteiger partial charge in [-0.05, 0) is 67.5 Å². The van der Waals surface area contributed by atoms with Crippen LogP contribution < -0.4 is 15.4 Å². The summed E-state index contributed by atoms with van der Waals surface area (Å²) in [6.45, 7) is 1.72. The van der Waals surface area contributed by atoms with Gasteiger partial charge in [-0.3, -0.25) is 4.79 Å². The minimum Gasteiger partial charge on any atom is -0.486 e. The monoisotopic (exact) mass is 527 g/mol. The number of alkyl halides is 3. The summed E-state index contributed by atoms with van der Waals surface area (Å²) in [5.41, 5.74) is 1.88. The lowest BCUT2D eigenvalue weighted by atomic mass is 9.72. The van der Waals surface area contributed by atoms with Crippen LogP contribution in [0.2, 0.25) is 0 Å². The van der Waals surface area contributed by atoms with Crippen LogP contribution in [-0.4, -0.2) is 41.7 Å². The zero-order valence-electron chi connectivity index (χ0n) is 20.7. The zero-order chi connectivity index (χ0) is 26.5. The molecule has 6 rings (SSSR count). The van der Waals surface area contributed by atoms with Crippen LogP contribution in [0.1, 0.15) is 55.2 Å². The molecule has 1 aliphatic carbocycles. The highest BCUT2D eigenvalue weighted by atomic mass is 19.4. The molecule has 3 amide bonds. The van der Waals surface area contributed by atoms with Crippen LogP contribution in [0, 0.1) is 0 Å². The van der Waals surface area contributed by atoms with E-state index < -0.39 is 23.2 Å². The summed E-state index contributed by atoms with van der Waals surface area (Å²) in [4.78, 5) is 27.3. The molecule has 1 saturated heterocycles. The SMILES string of the molecule is O=C(C=C1CC2(CCC2)Oc2cc(C(F)(F)F)ccc21)Nc1ccc2c(c1)NC(=O)N(CC1CCCO1)C2. The number of hydrogen-bond donors (Lipinski definition) is 2. The number of halogens is 3. The lowest BCUT2D eigenvalue weighted by molar-refractivity contribution is -0.138. The smallest absolute Gasteiger partial charge is 0.416 e. The Hall–Kier alpha value is -3.53. The van der Waals surface area contributed by atoms with Gasteiger partial charge in [-0.15, -0.1) is 0 Å². The van der Waals surface area contributed by atoms with Crippen molar-refractivity contribution in [2.45, 2.75) is 63.0 Å². The third-order valence-corrected chi connectivity index (χ3v) is 7.78. The van der Waals surface area contributed by atoms with Gasteiger partial charge in [-0.25, -0.2) is 4.79 Å². The highest BCUT2D eigenvalue weighted by molar-refractivity contribution is 6.05. The number of fused-ring (bicyclic) bond motifs is 2. The predicted octanol–water partition coefficient (Wildman–Crippen LogP) is 5.96. The van der Waals surface area contributed by atoms with Crippen molar-refractivity contribution in [3.8, 4) is 5.75 Å². The molecule has 2 aromatic rings. The molecule has 0 bridgehead atoms. The van der Waals surface area contributed by atoms with Crippen LogP contribution in [0.4, 0.5) is 29.3 Å². The summed E-state index contributed by atoms with van der Waals surface area (Å²) >= 11 is 0. The highest BCUT2D eigenvalue weighted by Gasteiger charge is 2.44. The van der Waals surface area contributed by atoms with Crippen molar-refractivity contribution in [1.29, 1.82) is 0 Å². The third kappa shape index (κ3) is 4.84. The average Bonchev–Trinajstić information content (AvgIpc) is 3.36. The van der Waals surface area contributed by atoms with E-state index in [2.05, 4.69) is 10.6 Å². The molecular formula is C28H28F3N3O4. The van der Waals surface area contributed by atoms with Crippen molar-refractivity contribution in [2.24, 2.45) is 0 Å². The Morgan fingerprint density at radius 2 is 2.03 bits per heavy atom. The van der Waals surface area contributed by atoms with Gasteiger partial charge in [-0.2, -0.15) is 13.2 Å². The van der Waals surface area contributed by atoms with Gasteiger partial charge < -0.3 is 25.0 Å². The van der Waals surface area contributed by atoms with Crippen LogP contribution in [0.25, 0.3) is 5.57 Å². The minimum atomic E-state index is -4.48. The molecule has 4 aliphatic rings. The van der Waals surface area contributed by atoms with E-state index >= 15 is 0 Å². The predicted molar refractivity (Wildman–Crippen MR) is 135 cm³/mol. The lowest BCUT2D eigenvalue weighted by Gasteiger charge is -2.46. The van der Waals surface area contributed by atoms with Gasteiger partial charge in [0, 0.05) is 49.1 Å². The van der Waals surface area contributed by atoms with Crippen LogP contribution in [0.15, 0.2) is 42.5 Å². The molecule has 10 heteroatoms. The standard InChI is InChI=1S/C28H28F3N3O4/c29-28(30,31)19-5-7-22-18(14-27(8-2-9-27)38-24(22)12-19)11-25(35)32-20-6-4-17-15-34(16-21-3-1-10-37-21)26(36)33-23(17)13-20/h4-7,11-13,21H,1-3,8-10,14-16H2,(H,32,35)(H,33,36). The van der Waals surface area contributed by atoms with Crippen LogP contribution in [0.3, 0.4) is 0 Å². The second kappa shape index (κ2) is 9.34. The third-order valence-electron chi connectivity index (χ3n) is 7.78. The van der Waals surface area contributed by atoms with Gasteiger partial charge >= 0.3 is 12.2 Å². The summed E-state index contributed by atoms with van der Waals surface area (Å²) < 4.78 is 51.5. The minimum absolute atomic E-state index is 0.0586. The van der Waals surface area contributed by atoms with Crippen molar-refractivity contribution in [2.75, 3.05) is 23.8 Å². The number of hydrogen-bond acceptors (Lipinski definition) is 4. The topological polar surface area (TPSA) is 79.9 Å². The molecule has 2 N–H and O–H groups in total. The number of nitrogens with one attached hydrogen (secondary N) is 2. The number of urea groups is 1. The summed E-state index contributed by atoms with van der Waals surface area (Å²) in [5, 5.41) is 5.72. The first-order valence-electron chi connectivity index (χ1n) is 12.9. The molecule has 7 nitrogen and oxygen atoms in total. The summed E-state index contributed by atoms with van der Waals surface area (Å²) in [6.07, 6.45) is 1.82. The average molecular weight is 528 g/mol. The Balaban J connectivity index is 1.19. The Bertz CT molecular complexity index is 1310. The van der Waals surface area contributed by atoms with Gasteiger partial charge in [0.15, 0.2) is 0 Å². The van der Waals surface area contributed by atoms with E-state index in [1.807, 2.05) is 6.07 Å². The fourth-order valence-corrected chi connectivity index (χ4v) is 5.64. The molecule has 0 radical (unpaired) electrons. The number of carbonyl (C=O) groups excluding carboxylic acids is 2. The number of nitrogens with zero attached hydrogens (tertiary/aromatic N) is 1. The molecular weight excluding hydrogens is 499 g/mol. The molecule has 2 aromatic carbocycles. The number of amides is 3. The number of carbonyl (C=O) groups is 2. The first kappa shape index (κ1) is 24.8. The zero-order valence-corrected chi connectivity index (χ0v) is 20.7. The van der Waals surface area contributed by atoms with E-state index in [-0.39, 0.29) is 17.9 Å². The highest BCUT2D eigenvalue weighted by Crippen LogP contribution is 2.50. The van der Waals surface area contributed by atoms with E-state index in [0.29, 0.717) is 42.0 Å². The van der Waals surface area contributed by atoms with E-state index in [1.54, 1.807) is 17.0 Å². The van der Waals surface area contributed by atoms with Crippen molar-refractivity contribution in [3.05, 3.63) is 59.2 Å². The summed E-state index contributed by atoms with van der Waals surface area (Å²) in [6, 6.07) is 8.56. The second-order valence-electron chi connectivity index (χ2n) is 10.5. The summed E-state index contributed by atoms with van der Waals surface area (Å²) in [5.74, 6) is -0.238. The van der Waals surface area contributed by atoms with Gasteiger partial charge in [-0.1, -0.05) is 12.1 Å². The molecule has 3 aliphatic heterocycles. The number of ether oxygens (including phenoxy) is 2. The van der Waals surface area contributed by atoms with E-state index in [0.717, 1.165) is 56.4 Å². The Labute approximate surface area is 218 Å². The van der Waals surface area contributed by atoms with Crippen molar-refractivity contribution in [3.63, 3.8) is 0 Å². The molecule has 2 fully saturated rings. The Morgan fingerprint density at radius 3 is 2.74 bits per heavy atom. The number of anilines is 2. The summed E-state index contributed by atoms with van der Waals surface area (Å²) in [7, 11) is 0. The number of rotatable bonds is 4. The molecule has 1 unspecified atom stereocenters. The molecule has 200 valence electrons. The van der Waals surface area contributed by atoms with Crippen molar-refractivity contribution >= 4 is 28.9 Å². The normalized spacial score (nSPS) is 22.8. The molecule has 1 saturated carbocycles. The van der Waals surface area contributed by atoms with Crippen LogP contribution >= 0.6 is 0 Å². The van der Waals surface area contributed by atoms with Crippen molar-refractivity contribution in [1.82, 2.24) is 4.90 Å². The number of benzene rings is 2. The quantitative estimate of drug-likeness (QED) is 0.481. The van der Waals surface area contributed by atoms with Crippen molar-refractivity contribution < 1.29 is 32.2 Å². The van der Waals surface area contributed by atoms with E-state index in [1.165, 1.54) is 12.1 Å². The van der Waals surface area contributed by atoms with Gasteiger partial charge in [0.05, 0.1) is 11.7 Å². The van der Waals surface area contributed by atoms with Gasteiger partial charge in [0.2, 0.25) is 5.91 Å². The fraction of sp³-hybridized carbons (Fsp3) is 0.429. The first-order chi connectivity index (χ1) is 18.2. The Morgan fingerprint density at radius 1 is 1.18 bits per heavy atom. The molecule has 38 heavy (non-hydrogen) atoms. The molecule has 1 spiro atoms. The lowest BCUT2D eigenvalue weighted by Crippen LogP contribution is -2.45. The maximum atomic E-state index is 13.3.